The number of carbonyl (C=O) groups excluding carboxylic acids is 2. The minimum Gasteiger partial charge on any atom is -0.434 e. The molecule has 1 heterocycles. The van der Waals surface area contributed by atoms with Gasteiger partial charge in [-0.25, -0.2) is 19.3 Å². The van der Waals surface area contributed by atoms with Crippen LogP contribution >= 0.6 is 0 Å². The lowest BCUT2D eigenvalue weighted by Crippen LogP contribution is -2.24. The number of alkyl halides is 3. The van der Waals surface area contributed by atoms with Crippen molar-refractivity contribution in [3.63, 3.8) is 0 Å². The molecule has 0 saturated carbocycles. The molecule has 10 nitrogen and oxygen atoms in total. The van der Waals surface area contributed by atoms with E-state index in [0.717, 1.165) is 16.8 Å². The Morgan fingerprint density at radius 3 is 2.39 bits per heavy atom. The normalized spacial score (nSPS) is 12.8. The molecular weight excluding hydrogens is 487 g/mol. The minimum atomic E-state index is -4.72. The molecule has 36 heavy (non-hydrogen) atoms. The predicted octanol–water partition coefficient (Wildman–Crippen LogP) is 4.75. The molecule has 198 valence electrons. The van der Waals surface area contributed by atoms with Gasteiger partial charge in [0.1, 0.15) is 12.1 Å². The smallest absolute Gasteiger partial charge is 0.434 e. The van der Waals surface area contributed by atoms with Crippen molar-refractivity contribution in [1.82, 2.24) is 14.8 Å². The van der Waals surface area contributed by atoms with Crippen LogP contribution in [0.2, 0.25) is 0 Å². The monoisotopic (exact) mass is 515 g/mol. The first-order chi connectivity index (χ1) is 16.9. The summed E-state index contributed by atoms with van der Waals surface area (Å²) in [6.07, 6.45) is -2.50. The van der Waals surface area contributed by atoms with E-state index >= 15 is 0 Å². The second-order valence-electron chi connectivity index (χ2n) is 8.35. The first kappa shape index (κ1) is 28.8. The van der Waals surface area contributed by atoms with Gasteiger partial charge in [-0.2, -0.15) is 13.2 Å². The Labute approximate surface area is 205 Å². The average Bonchev–Trinajstić information content (AvgIpc) is 3.27. The third kappa shape index (κ3) is 9.66. The van der Waals surface area contributed by atoms with Crippen LogP contribution in [0, 0.1) is 11.8 Å². The maximum atomic E-state index is 13.4. The van der Waals surface area contributed by atoms with Crippen LogP contribution in [0.5, 0.6) is 5.75 Å². The number of esters is 1. The van der Waals surface area contributed by atoms with Crippen molar-refractivity contribution in [2.24, 2.45) is 11.8 Å². The van der Waals surface area contributed by atoms with Crippen molar-refractivity contribution in [3.05, 3.63) is 36.2 Å². The van der Waals surface area contributed by atoms with E-state index in [1.807, 2.05) is 13.8 Å². The van der Waals surface area contributed by atoms with Crippen LogP contribution in [0.3, 0.4) is 0 Å². The third-order valence-electron chi connectivity index (χ3n) is 4.07. The minimum absolute atomic E-state index is 0.0149. The number of aromatic nitrogens is 3. The summed E-state index contributed by atoms with van der Waals surface area (Å²) in [6.45, 7) is 6.56. The second-order valence-corrected chi connectivity index (χ2v) is 8.35. The van der Waals surface area contributed by atoms with Crippen LogP contribution in [0.15, 0.2) is 30.6 Å². The van der Waals surface area contributed by atoms with E-state index in [1.54, 1.807) is 13.8 Å². The van der Waals surface area contributed by atoms with Gasteiger partial charge in [0.25, 0.3) is 0 Å². The van der Waals surface area contributed by atoms with E-state index in [0.29, 0.717) is 12.7 Å². The number of halogens is 3. The third-order valence-corrected chi connectivity index (χ3v) is 4.07. The van der Waals surface area contributed by atoms with Crippen LogP contribution in [-0.2, 0) is 29.9 Å². The molecule has 0 aliphatic heterocycles. The molecule has 0 fully saturated rings. The van der Waals surface area contributed by atoms with Crippen LogP contribution in [-0.4, -0.2) is 53.7 Å². The van der Waals surface area contributed by atoms with Gasteiger partial charge in [-0.05, 0) is 30.0 Å². The van der Waals surface area contributed by atoms with Crippen LogP contribution < -0.4 is 4.74 Å². The van der Waals surface area contributed by atoms with Crippen molar-refractivity contribution < 1.29 is 46.4 Å². The lowest BCUT2D eigenvalue weighted by molar-refractivity contribution is -0.265. The summed E-state index contributed by atoms with van der Waals surface area (Å²) in [5.41, 5.74) is -1.15. The summed E-state index contributed by atoms with van der Waals surface area (Å²) < 4.78 is 66.2. The summed E-state index contributed by atoms with van der Waals surface area (Å²) in [6, 6.07) is 2.64. The van der Waals surface area contributed by atoms with Crippen molar-refractivity contribution >= 4 is 18.3 Å². The zero-order valence-electron chi connectivity index (χ0n) is 20.4. The number of ether oxygens (including phenoxy) is 5. The average molecular weight is 515 g/mol. The largest absolute Gasteiger partial charge is 0.513 e. The summed E-state index contributed by atoms with van der Waals surface area (Å²) in [5.74, 6) is -1.11. The van der Waals surface area contributed by atoms with Gasteiger partial charge < -0.3 is 23.7 Å². The molecule has 0 spiro atoms. The Morgan fingerprint density at radius 2 is 1.78 bits per heavy atom. The molecule has 1 unspecified atom stereocenters. The lowest BCUT2D eigenvalue weighted by atomic mass is 10.1. The van der Waals surface area contributed by atoms with Gasteiger partial charge in [0, 0.05) is 24.9 Å². The standard InChI is InChI=1S/C23H28F3N3O7/c1-14(2)11-33-21(31)35-18-9-16(8-17(10-18)23(24,25)26)20-27-13-29(28-20)7-6-19(30)36-22(32-5)34-12-15(3)4/h6-10,13-15,22H,11-12H2,1-5H3/b7-6-. The number of hydrogen-bond donors (Lipinski definition) is 0. The van der Waals surface area contributed by atoms with Crippen molar-refractivity contribution in [1.29, 1.82) is 0 Å². The molecule has 0 N–H and O–H groups in total. The highest BCUT2D eigenvalue weighted by Gasteiger charge is 2.32. The van der Waals surface area contributed by atoms with Crippen molar-refractivity contribution in [2.45, 2.75) is 40.3 Å². The highest BCUT2D eigenvalue weighted by molar-refractivity contribution is 5.84. The number of carbonyl (C=O) groups is 2. The number of nitrogens with zero attached hydrogens (tertiary/aromatic N) is 3. The van der Waals surface area contributed by atoms with E-state index < -0.39 is 36.1 Å². The van der Waals surface area contributed by atoms with Crippen LogP contribution in [0.25, 0.3) is 17.6 Å². The summed E-state index contributed by atoms with van der Waals surface area (Å²) >= 11 is 0. The fourth-order valence-corrected chi connectivity index (χ4v) is 2.48. The highest BCUT2D eigenvalue weighted by atomic mass is 19.4. The molecule has 2 aromatic rings. The first-order valence-corrected chi connectivity index (χ1v) is 10.9. The zero-order chi connectivity index (χ0) is 26.9. The number of benzene rings is 1. The van der Waals surface area contributed by atoms with E-state index in [4.69, 9.17) is 23.7 Å². The van der Waals surface area contributed by atoms with Gasteiger partial charge >= 0.3 is 24.8 Å². The summed E-state index contributed by atoms with van der Waals surface area (Å²) in [4.78, 5) is 27.8. The van der Waals surface area contributed by atoms with Gasteiger partial charge in [-0.1, -0.05) is 27.7 Å². The number of methoxy groups -OCH3 is 1. The Balaban J connectivity index is 2.17. The molecule has 13 heteroatoms. The molecular formula is C23H28F3N3O7. The first-order valence-electron chi connectivity index (χ1n) is 10.9. The molecule has 1 atom stereocenters. The molecule has 0 radical (unpaired) electrons. The molecule has 0 aliphatic rings. The predicted molar refractivity (Wildman–Crippen MR) is 120 cm³/mol. The Bertz CT molecular complexity index is 1050. The molecule has 0 amide bonds. The summed E-state index contributed by atoms with van der Waals surface area (Å²) in [7, 11) is 1.31. The topological polar surface area (TPSA) is 111 Å². The maximum absolute atomic E-state index is 13.4. The van der Waals surface area contributed by atoms with Gasteiger partial charge in [0.2, 0.25) is 0 Å². The quantitative estimate of drug-likeness (QED) is 0.181. The molecule has 0 bridgehead atoms. The molecule has 1 aromatic carbocycles. The van der Waals surface area contributed by atoms with Crippen molar-refractivity contribution in [3.8, 4) is 17.1 Å². The van der Waals surface area contributed by atoms with Crippen LogP contribution in [0.4, 0.5) is 18.0 Å². The fourth-order valence-electron chi connectivity index (χ4n) is 2.48. The molecule has 2 rings (SSSR count). The van der Waals surface area contributed by atoms with Crippen molar-refractivity contribution in [2.75, 3.05) is 20.3 Å². The van der Waals surface area contributed by atoms with E-state index in [1.165, 1.54) is 25.7 Å². The second kappa shape index (κ2) is 13.0. The Kier molecular flexibility index (Phi) is 10.4. The van der Waals surface area contributed by atoms with Crippen LogP contribution in [0.1, 0.15) is 33.3 Å². The molecule has 0 aliphatic carbocycles. The van der Waals surface area contributed by atoms with E-state index in [9.17, 15) is 22.8 Å². The Morgan fingerprint density at radius 1 is 1.08 bits per heavy atom. The van der Waals surface area contributed by atoms with Gasteiger partial charge in [-0.3, -0.25) is 0 Å². The summed E-state index contributed by atoms with van der Waals surface area (Å²) in [5, 5.41) is 4.02. The molecule has 0 saturated heterocycles. The zero-order valence-corrected chi connectivity index (χ0v) is 20.4. The number of rotatable bonds is 11. The Hall–Kier alpha value is -3.45. The SMILES string of the molecule is COC(OCC(C)C)OC(=O)/C=C\n1cnc(-c2cc(OC(=O)OCC(C)C)cc(C(F)(F)F)c2)n1. The van der Waals surface area contributed by atoms with E-state index in [-0.39, 0.29) is 29.8 Å². The fraction of sp³-hybridized carbons (Fsp3) is 0.478. The molecule has 1 aromatic heterocycles. The van der Waals surface area contributed by atoms with E-state index in [2.05, 4.69) is 10.1 Å². The maximum Gasteiger partial charge on any atom is 0.513 e. The van der Waals surface area contributed by atoms with Gasteiger partial charge in [0.05, 0.1) is 18.8 Å². The van der Waals surface area contributed by atoms with Gasteiger partial charge in [-0.15, -0.1) is 5.10 Å². The lowest BCUT2D eigenvalue weighted by Gasteiger charge is -2.16. The highest BCUT2D eigenvalue weighted by Crippen LogP contribution is 2.35. The van der Waals surface area contributed by atoms with Gasteiger partial charge in [0.15, 0.2) is 5.82 Å². The number of hydrogen-bond acceptors (Lipinski definition) is 9.